The van der Waals surface area contributed by atoms with E-state index in [1.807, 2.05) is 0 Å². The number of anilines is 1. The zero-order valence-electron chi connectivity index (χ0n) is 12.3. The molecule has 2 aromatic carbocycles. The fraction of sp³-hybridized carbons (Fsp3) is 0.188. The van der Waals surface area contributed by atoms with Crippen molar-refractivity contribution in [3.05, 3.63) is 65.5 Å². The minimum Gasteiger partial charge on any atom is -0.387 e. The average molecular weight is 342 g/mol. The number of amides is 2. The molecule has 8 heteroatoms. The Morgan fingerprint density at radius 3 is 2.50 bits per heavy atom. The first-order valence-electron chi connectivity index (χ1n) is 6.92. The maximum atomic E-state index is 13.4. The van der Waals surface area contributed by atoms with Gasteiger partial charge < -0.3 is 15.7 Å². The first-order valence-corrected chi connectivity index (χ1v) is 6.92. The molecular formula is C16H14F4N2O2. The smallest absolute Gasteiger partial charge is 0.387 e. The van der Waals surface area contributed by atoms with Crippen molar-refractivity contribution < 1.29 is 27.5 Å². The Kier molecular flexibility index (Phi) is 5.40. The van der Waals surface area contributed by atoms with E-state index in [1.54, 1.807) is 0 Å². The molecule has 2 rings (SSSR count). The summed E-state index contributed by atoms with van der Waals surface area (Å²) in [5.41, 5.74) is -0.936. The molecular weight excluding hydrogens is 328 g/mol. The zero-order chi connectivity index (χ0) is 17.7. The van der Waals surface area contributed by atoms with Crippen LogP contribution in [0.1, 0.15) is 17.2 Å². The number of rotatable bonds is 4. The number of aliphatic hydroxyl groups excluding tert-OH is 1. The fourth-order valence-corrected chi connectivity index (χ4v) is 1.96. The Balaban J connectivity index is 1.94. The second kappa shape index (κ2) is 7.31. The summed E-state index contributed by atoms with van der Waals surface area (Å²) in [4.78, 5) is 11.6. The molecule has 1 unspecified atom stereocenters. The van der Waals surface area contributed by atoms with E-state index >= 15 is 0 Å². The number of alkyl halides is 3. The summed E-state index contributed by atoms with van der Waals surface area (Å²) in [6.07, 6.45) is -5.86. The summed E-state index contributed by atoms with van der Waals surface area (Å²) in [5, 5.41) is 14.4. The monoisotopic (exact) mass is 342 g/mol. The highest BCUT2D eigenvalue weighted by atomic mass is 19.4. The van der Waals surface area contributed by atoms with E-state index in [0.717, 1.165) is 18.2 Å². The fourth-order valence-electron chi connectivity index (χ4n) is 1.96. The van der Waals surface area contributed by atoms with Crippen molar-refractivity contribution in [1.29, 1.82) is 0 Å². The standard InChI is InChI=1S/C16H14F4N2O2/c17-12-6-1-2-7-13(12)22-15(24)21-9-14(23)10-4-3-5-11(8-10)16(18,19)20/h1-8,14,23H,9H2,(H2,21,22,24). The van der Waals surface area contributed by atoms with Crippen molar-refractivity contribution in [1.82, 2.24) is 5.32 Å². The molecule has 0 aliphatic carbocycles. The normalized spacial score (nSPS) is 12.5. The van der Waals surface area contributed by atoms with Crippen LogP contribution in [0.15, 0.2) is 48.5 Å². The third kappa shape index (κ3) is 4.69. The van der Waals surface area contributed by atoms with Crippen LogP contribution >= 0.6 is 0 Å². The first kappa shape index (κ1) is 17.7. The third-order valence-electron chi connectivity index (χ3n) is 3.18. The van der Waals surface area contributed by atoms with Gasteiger partial charge in [-0.1, -0.05) is 24.3 Å². The minimum atomic E-state index is -4.52. The van der Waals surface area contributed by atoms with Crippen LogP contribution in [0.25, 0.3) is 0 Å². The summed E-state index contributed by atoms with van der Waals surface area (Å²) in [7, 11) is 0. The molecule has 24 heavy (non-hydrogen) atoms. The number of hydrogen-bond donors (Lipinski definition) is 3. The van der Waals surface area contributed by atoms with Crippen molar-refractivity contribution in [2.24, 2.45) is 0 Å². The van der Waals surface area contributed by atoms with Gasteiger partial charge in [-0.05, 0) is 29.8 Å². The van der Waals surface area contributed by atoms with Crippen LogP contribution in [-0.2, 0) is 6.18 Å². The van der Waals surface area contributed by atoms with Crippen molar-refractivity contribution in [3.8, 4) is 0 Å². The number of urea groups is 1. The molecule has 2 aromatic rings. The van der Waals surface area contributed by atoms with Gasteiger partial charge in [-0.2, -0.15) is 13.2 Å². The highest BCUT2D eigenvalue weighted by molar-refractivity contribution is 5.89. The summed E-state index contributed by atoms with van der Waals surface area (Å²) < 4.78 is 51.3. The Labute approximate surface area is 135 Å². The van der Waals surface area contributed by atoms with Crippen LogP contribution in [-0.4, -0.2) is 17.7 Å². The van der Waals surface area contributed by atoms with Gasteiger partial charge in [0.15, 0.2) is 0 Å². The molecule has 0 heterocycles. The lowest BCUT2D eigenvalue weighted by Crippen LogP contribution is -2.32. The van der Waals surface area contributed by atoms with E-state index < -0.39 is 29.7 Å². The van der Waals surface area contributed by atoms with E-state index in [2.05, 4.69) is 10.6 Å². The summed E-state index contributed by atoms with van der Waals surface area (Å²) in [5.74, 6) is -0.633. The lowest BCUT2D eigenvalue weighted by molar-refractivity contribution is -0.137. The molecule has 0 aliphatic heterocycles. The van der Waals surface area contributed by atoms with Crippen LogP contribution in [0, 0.1) is 5.82 Å². The van der Waals surface area contributed by atoms with Gasteiger partial charge >= 0.3 is 12.2 Å². The number of halogens is 4. The largest absolute Gasteiger partial charge is 0.416 e. The molecule has 0 aliphatic rings. The van der Waals surface area contributed by atoms with Crippen LogP contribution in [0.5, 0.6) is 0 Å². The van der Waals surface area contributed by atoms with Crippen LogP contribution < -0.4 is 10.6 Å². The molecule has 1 atom stereocenters. The summed E-state index contributed by atoms with van der Waals surface area (Å²) in [6.45, 7) is -0.332. The van der Waals surface area contributed by atoms with E-state index in [1.165, 1.54) is 30.3 Å². The second-order valence-electron chi connectivity index (χ2n) is 4.95. The topological polar surface area (TPSA) is 61.4 Å². The van der Waals surface area contributed by atoms with Gasteiger partial charge in [0.2, 0.25) is 0 Å². The SMILES string of the molecule is O=C(NCC(O)c1cccc(C(F)(F)F)c1)Nc1ccccc1F. The molecule has 128 valence electrons. The summed E-state index contributed by atoms with van der Waals surface area (Å²) >= 11 is 0. The van der Waals surface area contributed by atoms with Gasteiger partial charge in [0.1, 0.15) is 5.82 Å². The number of nitrogens with one attached hydrogen (secondary N) is 2. The molecule has 0 aromatic heterocycles. The predicted molar refractivity (Wildman–Crippen MR) is 79.8 cm³/mol. The maximum Gasteiger partial charge on any atom is 0.416 e. The Morgan fingerprint density at radius 2 is 1.83 bits per heavy atom. The lowest BCUT2D eigenvalue weighted by Gasteiger charge is -2.15. The molecule has 0 spiro atoms. The van der Waals surface area contributed by atoms with Gasteiger partial charge in [0.25, 0.3) is 0 Å². The molecule has 0 saturated carbocycles. The van der Waals surface area contributed by atoms with Crippen LogP contribution in [0.2, 0.25) is 0 Å². The van der Waals surface area contributed by atoms with E-state index in [4.69, 9.17) is 0 Å². The highest BCUT2D eigenvalue weighted by Crippen LogP contribution is 2.30. The van der Waals surface area contributed by atoms with Crippen molar-refractivity contribution in [2.45, 2.75) is 12.3 Å². The number of para-hydroxylation sites is 1. The Bertz CT molecular complexity index is 719. The molecule has 2 amide bonds. The van der Waals surface area contributed by atoms with Gasteiger partial charge in [0.05, 0.1) is 17.4 Å². The van der Waals surface area contributed by atoms with E-state index in [0.29, 0.717) is 0 Å². The second-order valence-corrected chi connectivity index (χ2v) is 4.95. The van der Waals surface area contributed by atoms with Gasteiger partial charge in [-0.25, -0.2) is 9.18 Å². The van der Waals surface area contributed by atoms with E-state index in [9.17, 15) is 27.5 Å². The number of carbonyl (C=O) groups is 1. The van der Waals surface area contributed by atoms with Crippen LogP contribution in [0.4, 0.5) is 28.0 Å². The zero-order valence-corrected chi connectivity index (χ0v) is 12.3. The van der Waals surface area contributed by atoms with Crippen molar-refractivity contribution in [2.75, 3.05) is 11.9 Å². The molecule has 3 N–H and O–H groups in total. The Morgan fingerprint density at radius 1 is 1.12 bits per heavy atom. The quantitative estimate of drug-likeness (QED) is 0.742. The molecule has 0 saturated heterocycles. The molecule has 0 fully saturated rings. The maximum absolute atomic E-state index is 13.4. The number of aliphatic hydroxyl groups is 1. The van der Waals surface area contributed by atoms with Gasteiger partial charge in [0, 0.05) is 6.54 Å². The predicted octanol–water partition coefficient (Wildman–Crippen LogP) is 3.70. The van der Waals surface area contributed by atoms with Gasteiger partial charge in [-0.15, -0.1) is 0 Å². The average Bonchev–Trinajstić information content (AvgIpc) is 2.54. The third-order valence-corrected chi connectivity index (χ3v) is 3.18. The molecule has 0 radical (unpaired) electrons. The first-order chi connectivity index (χ1) is 11.3. The number of benzene rings is 2. The van der Waals surface area contributed by atoms with Crippen molar-refractivity contribution >= 4 is 11.7 Å². The highest BCUT2D eigenvalue weighted by Gasteiger charge is 2.30. The van der Waals surface area contributed by atoms with Gasteiger partial charge in [-0.3, -0.25) is 0 Å². The minimum absolute atomic E-state index is 0.0102. The number of hydrogen-bond acceptors (Lipinski definition) is 2. The van der Waals surface area contributed by atoms with Crippen LogP contribution in [0.3, 0.4) is 0 Å². The van der Waals surface area contributed by atoms with Crippen molar-refractivity contribution in [3.63, 3.8) is 0 Å². The molecule has 4 nitrogen and oxygen atoms in total. The van der Waals surface area contributed by atoms with E-state index in [-0.39, 0.29) is 17.8 Å². The summed E-state index contributed by atoms with van der Waals surface area (Å²) in [6, 6.07) is 8.87. The number of carbonyl (C=O) groups excluding carboxylic acids is 1. The lowest BCUT2D eigenvalue weighted by atomic mass is 10.1. The molecule has 0 bridgehead atoms. The Hall–Kier alpha value is -2.61.